The van der Waals surface area contributed by atoms with Crippen LogP contribution in [0.2, 0.25) is 0 Å². The lowest BCUT2D eigenvalue weighted by atomic mass is 10.0. The number of anilines is 2. The Bertz CT molecular complexity index is 1610. The van der Waals surface area contributed by atoms with Gasteiger partial charge in [0.15, 0.2) is 11.5 Å². The third-order valence-corrected chi connectivity index (χ3v) is 6.19. The Morgan fingerprint density at radius 3 is 2.53 bits per heavy atom. The van der Waals surface area contributed by atoms with E-state index in [2.05, 4.69) is 25.0 Å². The Morgan fingerprint density at radius 1 is 1.07 bits per heavy atom. The van der Waals surface area contributed by atoms with Crippen molar-refractivity contribution in [3.05, 3.63) is 79.0 Å². The molecule has 0 spiro atoms. The molecule has 0 aliphatic carbocycles. The van der Waals surface area contributed by atoms with Crippen LogP contribution in [0.4, 0.5) is 24.7 Å². The summed E-state index contributed by atoms with van der Waals surface area (Å²) in [5.41, 5.74) is 1.99. The first-order chi connectivity index (χ1) is 20.6. The van der Waals surface area contributed by atoms with Gasteiger partial charge in [0, 0.05) is 42.8 Å². The molecular weight excluding hydrogens is 565 g/mol. The smallest absolute Gasteiger partial charge is 0.493 e. The summed E-state index contributed by atoms with van der Waals surface area (Å²) < 4.78 is 53.8. The number of pyridine rings is 3. The molecule has 0 bridgehead atoms. The number of rotatable bonds is 12. The van der Waals surface area contributed by atoms with Gasteiger partial charge in [-0.3, -0.25) is 19.7 Å². The van der Waals surface area contributed by atoms with Gasteiger partial charge in [-0.15, -0.1) is 13.2 Å². The summed E-state index contributed by atoms with van der Waals surface area (Å²) in [5.74, 6) is -0.200. The molecule has 0 saturated carbocycles. The second kappa shape index (κ2) is 13.6. The van der Waals surface area contributed by atoms with E-state index in [-0.39, 0.29) is 40.7 Å². The van der Waals surface area contributed by atoms with Gasteiger partial charge in [-0.1, -0.05) is 13.3 Å². The zero-order valence-electron chi connectivity index (χ0n) is 23.6. The van der Waals surface area contributed by atoms with Gasteiger partial charge < -0.3 is 24.9 Å². The van der Waals surface area contributed by atoms with E-state index in [0.717, 1.165) is 18.2 Å². The van der Waals surface area contributed by atoms with E-state index >= 15 is 0 Å². The summed E-state index contributed by atoms with van der Waals surface area (Å²) in [4.78, 5) is 26.9. The predicted octanol–water partition coefficient (Wildman–Crippen LogP) is 6.89. The van der Waals surface area contributed by atoms with E-state index < -0.39 is 12.1 Å². The van der Waals surface area contributed by atoms with Gasteiger partial charge in [0.25, 0.3) is 0 Å². The molecule has 1 aromatic carbocycles. The lowest BCUT2D eigenvalue weighted by Crippen LogP contribution is -2.29. The number of amides is 1. The second-order valence-corrected chi connectivity index (χ2v) is 9.24. The van der Waals surface area contributed by atoms with Crippen LogP contribution in [0.25, 0.3) is 10.9 Å². The maximum Gasteiger partial charge on any atom is 0.573 e. The van der Waals surface area contributed by atoms with Crippen molar-refractivity contribution >= 4 is 34.0 Å². The van der Waals surface area contributed by atoms with Crippen LogP contribution in [0, 0.1) is 5.41 Å². The summed E-state index contributed by atoms with van der Waals surface area (Å²) in [6, 6.07) is 10.7. The Labute approximate surface area is 245 Å². The molecule has 224 valence electrons. The molecule has 0 saturated heterocycles. The van der Waals surface area contributed by atoms with Crippen LogP contribution in [0.5, 0.6) is 23.0 Å². The number of ether oxygens (including phenoxy) is 3. The molecule has 1 amide bonds. The molecule has 3 aromatic heterocycles. The Hall–Kier alpha value is -5.20. The number of allylic oxidation sites excluding steroid dienone is 1. The molecule has 0 aliphatic heterocycles. The van der Waals surface area contributed by atoms with Crippen molar-refractivity contribution in [1.29, 1.82) is 5.41 Å². The SMILES string of the molecule is CCC/C(=C/Nc1cccnc1)C(=N)CC(=O)N(C)c1ccc(Oc2ccnc3cc(OC)c(OC(F)(F)F)cc23)cn1. The first kappa shape index (κ1) is 30.8. The number of carbonyl (C=O) groups is 1. The molecular formula is C30H29F3N6O4. The molecule has 0 fully saturated rings. The molecule has 13 heteroatoms. The topological polar surface area (TPSA) is 123 Å². The number of nitrogens with one attached hydrogen (secondary N) is 2. The zero-order valence-corrected chi connectivity index (χ0v) is 23.6. The summed E-state index contributed by atoms with van der Waals surface area (Å²) in [5, 5.41) is 11.9. The molecule has 4 rings (SSSR count). The number of halogens is 3. The van der Waals surface area contributed by atoms with E-state index in [4.69, 9.17) is 14.9 Å². The van der Waals surface area contributed by atoms with E-state index in [9.17, 15) is 18.0 Å². The highest BCUT2D eigenvalue weighted by molar-refractivity contribution is 6.12. The first-order valence-corrected chi connectivity index (χ1v) is 13.1. The number of hydrogen-bond donors (Lipinski definition) is 2. The number of hydrogen-bond acceptors (Lipinski definition) is 9. The van der Waals surface area contributed by atoms with Crippen molar-refractivity contribution in [2.75, 3.05) is 24.4 Å². The molecule has 43 heavy (non-hydrogen) atoms. The van der Waals surface area contributed by atoms with Gasteiger partial charge in [-0.2, -0.15) is 0 Å². The predicted molar refractivity (Wildman–Crippen MR) is 156 cm³/mol. The molecule has 0 aliphatic rings. The Kier molecular flexibility index (Phi) is 9.76. The Morgan fingerprint density at radius 2 is 1.88 bits per heavy atom. The third kappa shape index (κ3) is 8.18. The molecule has 0 radical (unpaired) electrons. The van der Waals surface area contributed by atoms with Crippen LogP contribution in [0.15, 0.2) is 79.0 Å². The first-order valence-electron chi connectivity index (χ1n) is 13.1. The molecule has 4 aromatic rings. The highest BCUT2D eigenvalue weighted by atomic mass is 19.4. The largest absolute Gasteiger partial charge is 0.573 e. The number of alkyl halides is 3. The zero-order chi connectivity index (χ0) is 31.0. The van der Waals surface area contributed by atoms with Gasteiger partial charge in [0.05, 0.1) is 37.1 Å². The summed E-state index contributed by atoms with van der Waals surface area (Å²) in [6.07, 6.45) is 4.23. The van der Waals surface area contributed by atoms with Crippen LogP contribution in [0.1, 0.15) is 26.2 Å². The van der Waals surface area contributed by atoms with Crippen molar-refractivity contribution in [3.63, 3.8) is 0 Å². The fraction of sp³-hybridized carbons (Fsp3) is 0.233. The average Bonchev–Trinajstić information content (AvgIpc) is 2.99. The average molecular weight is 595 g/mol. The number of nitrogens with zero attached hydrogens (tertiary/aromatic N) is 4. The van der Waals surface area contributed by atoms with Crippen LogP contribution in [-0.2, 0) is 4.79 Å². The van der Waals surface area contributed by atoms with Crippen LogP contribution in [0.3, 0.4) is 0 Å². The molecule has 2 N–H and O–H groups in total. The number of carbonyl (C=O) groups excluding carboxylic acids is 1. The van der Waals surface area contributed by atoms with Gasteiger partial charge in [0.2, 0.25) is 5.91 Å². The summed E-state index contributed by atoms with van der Waals surface area (Å²) >= 11 is 0. The second-order valence-electron chi connectivity index (χ2n) is 9.24. The van der Waals surface area contributed by atoms with Gasteiger partial charge in [0.1, 0.15) is 17.3 Å². The van der Waals surface area contributed by atoms with E-state index in [1.165, 1.54) is 36.5 Å². The normalized spacial score (nSPS) is 11.6. The van der Waals surface area contributed by atoms with Crippen molar-refractivity contribution in [2.24, 2.45) is 0 Å². The maximum absolute atomic E-state index is 13.0. The number of aromatic nitrogens is 3. The number of fused-ring (bicyclic) bond motifs is 1. The van der Waals surface area contributed by atoms with Crippen LogP contribution < -0.4 is 24.4 Å². The standard InChI is InChI=1S/C30H29F3N6O4/c1-4-6-19(16-37-20-7-5-11-35-17-20)23(34)14-29(40)39(2)28-9-8-21(18-38-28)42-25-10-12-36-24-15-26(41-3)27(13-22(24)25)43-30(31,32)33/h5,7-13,15-18,34,37H,4,6,14H2,1-3H3/b19-16-,34-23?. The third-order valence-electron chi connectivity index (χ3n) is 6.19. The highest BCUT2D eigenvalue weighted by Crippen LogP contribution is 2.39. The summed E-state index contributed by atoms with van der Waals surface area (Å²) in [6.45, 7) is 1.99. The molecule has 3 heterocycles. The molecule has 0 atom stereocenters. The van der Waals surface area contributed by atoms with Crippen molar-refractivity contribution in [1.82, 2.24) is 15.0 Å². The van der Waals surface area contributed by atoms with E-state index in [1.54, 1.807) is 43.8 Å². The summed E-state index contributed by atoms with van der Waals surface area (Å²) in [7, 11) is 2.78. The van der Waals surface area contributed by atoms with Crippen molar-refractivity contribution in [3.8, 4) is 23.0 Å². The lowest BCUT2D eigenvalue weighted by Gasteiger charge is -2.18. The van der Waals surface area contributed by atoms with Crippen molar-refractivity contribution in [2.45, 2.75) is 32.5 Å². The fourth-order valence-electron chi connectivity index (χ4n) is 4.05. The van der Waals surface area contributed by atoms with Crippen LogP contribution >= 0.6 is 0 Å². The highest BCUT2D eigenvalue weighted by Gasteiger charge is 2.33. The quantitative estimate of drug-likeness (QED) is 0.170. The fourth-order valence-corrected chi connectivity index (χ4v) is 4.05. The lowest BCUT2D eigenvalue weighted by molar-refractivity contribution is -0.275. The van der Waals surface area contributed by atoms with Crippen molar-refractivity contribution < 1.29 is 32.2 Å². The van der Waals surface area contributed by atoms with E-state index in [0.29, 0.717) is 23.3 Å². The minimum absolute atomic E-state index is 0.133. The van der Waals surface area contributed by atoms with Gasteiger partial charge in [-0.05, 0) is 48.4 Å². The maximum atomic E-state index is 13.0. The van der Waals surface area contributed by atoms with Crippen LogP contribution in [-0.4, -0.2) is 47.1 Å². The van der Waals surface area contributed by atoms with Gasteiger partial charge in [-0.25, -0.2) is 4.98 Å². The minimum atomic E-state index is -4.92. The number of benzene rings is 1. The minimum Gasteiger partial charge on any atom is -0.493 e. The van der Waals surface area contributed by atoms with Gasteiger partial charge >= 0.3 is 6.36 Å². The molecule has 10 nitrogen and oxygen atoms in total. The molecule has 0 unspecified atom stereocenters. The monoisotopic (exact) mass is 594 g/mol. The van der Waals surface area contributed by atoms with E-state index in [1.807, 2.05) is 13.0 Å². The number of methoxy groups -OCH3 is 1. The Balaban J connectivity index is 1.46.